The van der Waals surface area contributed by atoms with E-state index in [1.165, 1.54) is 42.3 Å². The van der Waals surface area contributed by atoms with Gasteiger partial charge in [-0.2, -0.15) is 9.97 Å². The van der Waals surface area contributed by atoms with Gasteiger partial charge in [0.2, 0.25) is 5.95 Å². The second kappa shape index (κ2) is 20.9. The molecule has 0 saturated heterocycles. The first-order valence-corrected chi connectivity index (χ1v) is 32.0. The Morgan fingerprint density at radius 2 is 0.523 bits per heavy atom. The average molecular weight is 1140 g/mol. The second-order valence-electron chi connectivity index (χ2n) is 22.7. The first-order chi connectivity index (χ1) is 43.6. The fourth-order valence-corrected chi connectivity index (χ4v) is 18.6. The summed E-state index contributed by atoms with van der Waals surface area (Å²) >= 11 is 0. The Kier molecular flexibility index (Phi) is 12.1. The van der Waals surface area contributed by atoms with Crippen LogP contribution in [0.3, 0.4) is 0 Å². The summed E-state index contributed by atoms with van der Waals surface area (Å²) in [6, 6.07) is 119. The van der Waals surface area contributed by atoms with E-state index in [0.29, 0.717) is 17.6 Å². The zero-order valence-electron chi connectivity index (χ0n) is 47.9. The molecule has 412 valence electrons. The third-order valence-electron chi connectivity index (χ3n) is 17.8. The molecular formula is C81H54N6Si. The third-order valence-corrected chi connectivity index (χ3v) is 22.6. The second-order valence-corrected chi connectivity index (χ2v) is 26.5. The van der Waals surface area contributed by atoms with E-state index >= 15 is 0 Å². The van der Waals surface area contributed by atoms with Crippen LogP contribution >= 0.6 is 0 Å². The van der Waals surface area contributed by atoms with Crippen LogP contribution in [0, 0.1) is 0 Å². The van der Waals surface area contributed by atoms with Crippen LogP contribution in [-0.4, -0.2) is 36.7 Å². The maximum absolute atomic E-state index is 5.66. The molecule has 0 unspecified atom stereocenters. The van der Waals surface area contributed by atoms with Crippen molar-refractivity contribution in [2.45, 2.75) is 0 Å². The third kappa shape index (κ3) is 8.27. The highest BCUT2D eigenvalue weighted by molar-refractivity contribution is 7.19. The van der Waals surface area contributed by atoms with Crippen molar-refractivity contribution in [1.82, 2.24) is 28.7 Å². The van der Waals surface area contributed by atoms with Crippen LogP contribution in [0.25, 0.3) is 128 Å². The first kappa shape index (κ1) is 51.0. The Labute approximate surface area is 509 Å². The molecule has 0 aliphatic heterocycles. The van der Waals surface area contributed by atoms with Gasteiger partial charge in [-0.15, -0.1) is 0 Å². The molecule has 17 rings (SSSR count). The van der Waals surface area contributed by atoms with Crippen LogP contribution in [0.2, 0.25) is 0 Å². The Balaban J connectivity index is 0.931. The first-order valence-electron chi connectivity index (χ1n) is 30.0. The van der Waals surface area contributed by atoms with Crippen molar-refractivity contribution in [3.8, 4) is 62.4 Å². The Hall–Kier alpha value is -11.5. The van der Waals surface area contributed by atoms with Gasteiger partial charge in [0.15, 0.2) is 19.7 Å². The van der Waals surface area contributed by atoms with Gasteiger partial charge in [0.05, 0.1) is 33.1 Å². The van der Waals surface area contributed by atoms with E-state index < -0.39 is 8.07 Å². The molecule has 0 saturated carbocycles. The molecule has 0 radical (unpaired) electrons. The van der Waals surface area contributed by atoms with E-state index in [1.54, 1.807) is 0 Å². The molecule has 0 amide bonds. The summed E-state index contributed by atoms with van der Waals surface area (Å²) in [5.41, 5.74) is 14.8. The average Bonchev–Trinajstić information content (AvgIpc) is 3.40. The van der Waals surface area contributed by atoms with Gasteiger partial charge in [0, 0.05) is 54.8 Å². The maximum atomic E-state index is 5.66. The molecule has 88 heavy (non-hydrogen) atoms. The molecule has 7 heteroatoms. The largest absolute Gasteiger partial charge is 0.309 e. The molecule has 4 aromatic heterocycles. The monoisotopic (exact) mass is 1140 g/mol. The van der Waals surface area contributed by atoms with Crippen LogP contribution < -0.4 is 20.7 Å². The van der Waals surface area contributed by atoms with Gasteiger partial charge in [-0.25, -0.2) is 4.98 Å². The molecule has 0 bridgehead atoms. The topological polar surface area (TPSA) is 53.5 Å². The zero-order chi connectivity index (χ0) is 58.1. The van der Waals surface area contributed by atoms with Crippen molar-refractivity contribution >= 4 is 94.2 Å². The van der Waals surface area contributed by atoms with E-state index in [4.69, 9.17) is 15.0 Å². The van der Waals surface area contributed by atoms with E-state index in [9.17, 15) is 0 Å². The lowest BCUT2D eigenvalue weighted by atomic mass is 9.96. The molecule has 0 aliphatic carbocycles. The molecule has 0 fully saturated rings. The number of para-hydroxylation sites is 4. The summed E-state index contributed by atoms with van der Waals surface area (Å²) in [7, 11) is -2.85. The van der Waals surface area contributed by atoms with Crippen molar-refractivity contribution < 1.29 is 0 Å². The fraction of sp³-hybridized carbons (Fsp3) is 0. The molecule has 0 atom stereocenters. The fourth-order valence-electron chi connectivity index (χ4n) is 13.9. The van der Waals surface area contributed by atoms with Crippen molar-refractivity contribution in [3.05, 3.63) is 328 Å². The van der Waals surface area contributed by atoms with Gasteiger partial charge in [0.25, 0.3) is 0 Å². The van der Waals surface area contributed by atoms with Gasteiger partial charge in [-0.1, -0.05) is 249 Å². The number of rotatable bonds is 11. The predicted octanol–water partition coefficient (Wildman–Crippen LogP) is 17.2. The lowest BCUT2D eigenvalue weighted by Crippen LogP contribution is -2.74. The van der Waals surface area contributed by atoms with E-state index in [0.717, 1.165) is 88.6 Å². The van der Waals surface area contributed by atoms with Gasteiger partial charge in [-0.3, -0.25) is 4.57 Å². The van der Waals surface area contributed by atoms with Crippen LogP contribution in [0.4, 0.5) is 0 Å². The maximum Gasteiger partial charge on any atom is 0.238 e. The van der Waals surface area contributed by atoms with Gasteiger partial charge >= 0.3 is 0 Å². The highest BCUT2D eigenvalue weighted by Crippen LogP contribution is 2.41. The SMILES string of the molecule is c1ccc(-c2cc(-c3ccccc3)cc(-c3nc(-c4ccc([Si](c5ccccc5)(c5ccccc5)c5ccccc5)cc4)nc(-n4c5ccc(-n6c7ccccc7c7ccccc76)cc5c5cc(-n6c7ccccc7c7ccccc76)ccc54)n3)c2)cc1. The van der Waals surface area contributed by atoms with Crippen molar-refractivity contribution in [3.63, 3.8) is 0 Å². The molecule has 4 heterocycles. The Bertz CT molecular complexity index is 5050. The summed E-state index contributed by atoms with van der Waals surface area (Å²) in [5, 5.41) is 12.2. The van der Waals surface area contributed by atoms with Crippen LogP contribution in [-0.2, 0) is 0 Å². The van der Waals surface area contributed by atoms with Crippen molar-refractivity contribution in [2.75, 3.05) is 0 Å². The number of benzene rings is 13. The predicted molar refractivity (Wildman–Crippen MR) is 368 cm³/mol. The quantitative estimate of drug-likeness (QED) is 0.0958. The highest BCUT2D eigenvalue weighted by Gasteiger charge is 2.41. The van der Waals surface area contributed by atoms with E-state index in [2.05, 4.69) is 341 Å². The highest BCUT2D eigenvalue weighted by atomic mass is 28.3. The smallest absolute Gasteiger partial charge is 0.238 e. The number of nitrogens with zero attached hydrogens (tertiary/aromatic N) is 6. The summed E-state index contributed by atoms with van der Waals surface area (Å²) in [4.78, 5) is 16.9. The van der Waals surface area contributed by atoms with Gasteiger partial charge in [-0.05, 0) is 122 Å². The minimum absolute atomic E-state index is 0.520. The molecule has 17 aromatic rings. The minimum atomic E-state index is -2.85. The van der Waals surface area contributed by atoms with Gasteiger partial charge < -0.3 is 9.13 Å². The molecule has 0 N–H and O–H groups in total. The van der Waals surface area contributed by atoms with E-state index in [1.807, 2.05) is 0 Å². The Morgan fingerprint density at radius 3 is 0.920 bits per heavy atom. The van der Waals surface area contributed by atoms with Crippen LogP contribution in [0.1, 0.15) is 0 Å². The summed E-state index contributed by atoms with van der Waals surface area (Å²) < 4.78 is 7.07. The molecule has 6 nitrogen and oxygen atoms in total. The molecule has 0 aliphatic rings. The number of fused-ring (bicyclic) bond motifs is 9. The Morgan fingerprint density at radius 1 is 0.205 bits per heavy atom. The zero-order valence-corrected chi connectivity index (χ0v) is 48.9. The summed E-state index contributed by atoms with van der Waals surface area (Å²) in [6.45, 7) is 0. The van der Waals surface area contributed by atoms with Crippen LogP contribution in [0.5, 0.6) is 0 Å². The number of hydrogen-bond donors (Lipinski definition) is 0. The van der Waals surface area contributed by atoms with E-state index in [-0.39, 0.29) is 0 Å². The summed E-state index contributed by atoms with van der Waals surface area (Å²) in [6.07, 6.45) is 0. The number of aromatic nitrogens is 6. The summed E-state index contributed by atoms with van der Waals surface area (Å²) in [5.74, 6) is 1.66. The molecule has 0 spiro atoms. The molecule has 13 aromatic carbocycles. The lowest BCUT2D eigenvalue weighted by Gasteiger charge is -2.34. The normalized spacial score (nSPS) is 11.9. The van der Waals surface area contributed by atoms with Gasteiger partial charge in [0.1, 0.15) is 0 Å². The lowest BCUT2D eigenvalue weighted by molar-refractivity contribution is 0.953. The number of hydrogen-bond acceptors (Lipinski definition) is 3. The van der Waals surface area contributed by atoms with Crippen LogP contribution in [0.15, 0.2) is 328 Å². The minimum Gasteiger partial charge on any atom is -0.309 e. The van der Waals surface area contributed by atoms with Crippen molar-refractivity contribution in [2.24, 2.45) is 0 Å². The standard InChI is InChI=1S/C81H54N6Si/c1-6-24-55(25-7-1)58-50-59(56-26-8-2-9-27-56)52-60(51-58)80-82-79(57-42-46-66(47-43-57)88(63-28-10-3-11-29-63,64-30-12-4-13-31-64)65-32-14-5-15-33-65)83-81(84-80)87-77-48-44-61(85-73-38-20-16-34-67(73)68-35-17-21-39-74(68)85)53-71(77)72-54-62(45-49-78(72)87)86-75-40-22-18-36-69(75)70-37-19-23-41-76(70)86/h1-54H. The van der Waals surface area contributed by atoms with Crippen molar-refractivity contribution in [1.29, 1.82) is 0 Å². The molecular weight excluding hydrogens is 1090 g/mol.